The molecule has 0 saturated heterocycles. The van der Waals surface area contributed by atoms with E-state index in [0.29, 0.717) is 22.0 Å². The van der Waals surface area contributed by atoms with E-state index >= 15 is 0 Å². The first kappa shape index (κ1) is 11.8. The number of nitrogens with zero attached hydrogens (tertiary/aromatic N) is 2. The van der Waals surface area contributed by atoms with Crippen LogP contribution in [-0.4, -0.2) is 27.0 Å². The number of carboxylic acid groups (broad SMARTS) is 1. The van der Waals surface area contributed by atoms with Crippen molar-refractivity contribution in [1.82, 2.24) is 15.3 Å². The van der Waals surface area contributed by atoms with Gasteiger partial charge in [-0.2, -0.15) is 0 Å². The maximum atomic E-state index is 11.6. The Morgan fingerprint density at radius 3 is 2.89 bits per heavy atom. The SMILES string of the molecule is C[C@H]1NC(=O)c2ccc(-c3nc(C(=O)O)cs3)nc21. The Morgan fingerprint density at radius 2 is 2.21 bits per heavy atom. The number of aromatic nitrogens is 2. The Morgan fingerprint density at radius 1 is 1.42 bits per heavy atom. The highest BCUT2D eigenvalue weighted by atomic mass is 32.1. The zero-order valence-electron chi connectivity index (χ0n) is 9.88. The van der Waals surface area contributed by atoms with Gasteiger partial charge in [-0.15, -0.1) is 11.3 Å². The second-order valence-corrected chi connectivity index (χ2v) is 5.03. The third-order valence-corrected chi connectivity index (χ3v) is 3.73. The van der Waals surface area contributed by atoms with E-state index in [-0.39, 0.29) is 17.6 Å². The zero-order valence-corrected chi connectivity index (χ0v) is 10.7. The predicted octanol–water partition coefficient (Wildman–Crippen LogP) is 1.71. The molecule has 0 bridgehead atoms. The van der Waals surface area contributed by atoms with E-state index in [2.05, 4.69) is 15.3 Å². The molecule has 96 valence electrons. The molecule has 2 N–H and O–H groups in total. The fourth-order valence-corrected chi connectivity index (χ4v) is 2.71. The first-order chi connectivity index (χ1) is 9.06. The fraction of sp³-hybridized carbons (Fsp3) is 0.167. The van der Waals surface area contributed by atoms with Gasteiger partial charge in [-0.25, -0.2) is 14.8 Å². The van der Waals surface area contributed by atoms with Gasteiger partial charge in [0.15, 0.2) is 5.69 Å². The number of pyridine rings is 1. The van der Waals surface area contributed by atoms with Gasteiger partial charge < -0.3 is 10.4 Å². The van der Waals surface area contributed by atoms with E-state index in [4.69, 9.17) is 5.11 Å². The van der Waals surface area contributed by atoms with Crippen LogP contribution in [0, 0.1) is 0 Å². The van der Waals surface area contributed by atoms with Crippen molar-refractivity contribution in [3.8, 4) is 10.7 Å². The molecule has 1 amide bonds. The molecule has 1 atom stereocenters. The van der Waals surface area contributed by atoms with Crippen molar-refractivity contribution in [3.05, 3.63) is 34.5 Å². The number of aromatic carboxylic acids is 1. The van der Waals surface area contributed by atoms with Crippen LogP contribution in [0.1, 0.15) is 39.5 Å². The average Bonchev–Trinajstić information content (AvgIpc) is 2.96. The summed E-state index contributed by atoms with van der Waals surface area (Å²) in [6.45, 7) is 1.85. The molecule has 1 aliphatic heterocycles. The maximum Gasteiger partial charge on any atom is 0.355 e. The molecule has 0 aromatic carbocycles. The Balaban J connectivity index is 2.05. The lowest BCUT2D eigenvalue weighted by molar-refractivity contribution is 0.0691. The molecule has 3 rings (SSSR count). The van der Waals surface area contributed by atoms with Crippen LogP contribution in [0.3, 0.4) is 0 Å². The molecule has 0 aliphatic carbocycles. The van der Waals surface area contributed by atoms with Crippen LogP contribution in [0.25, 0.3) is 10.7 Å². The van der Waals surface area contributed by atoms with E-state index in [1.807, 2.05) is 6.92 Å². The molecule has 0 radical (unpaired) electrons. The predicted molar refractivity (Wildman–Crippen MR) is 68.2 cm³/mol. The highest BCUT2D eigenvalue weighted by molar-refractivity contribution is 7.13. The molecule has 3 heterocycles. The third kappa shape index (κ3) is 1.88. The van der Waals surface area contributed by atoms with Gasteiger partial charge in [0, 0.05) is 5.38 Å². The number of amides is 1. The smallest absolute Gasteiger partial charge is 0.355 e. The number of rotatable bonds is 2. The van der Waals surface area contributed by atoms with Gasteiger partial charge in [0.2, 0.25) is 0 Å². The summed E-state index contributed by atoms with van der Waals surface area (Å²) in [5.74, 6) is -1.19. The lowest BCUT2D eigenvalue weighted by Crippen LogP contribution is -2.16. The summed E-state index contributed by atoms with van der Waals surface area (Å²) in [4.78, 5) is 30.8. The first-order valence-electron chi connectivity index (χ1n) is 5.57. The minimum Gasteiger partial charge on any atom is -0.476 e. The number of carbonyl (C=O) groups is 2. The molecule has 2 aromatic rings. The topological polar surface area (TPSA) is 92.2 Å². The van der Waals surface area contributed by atoms with Crippen LogP contribution < -0.4 is 5.32 Å². The van der Waals surface area contributed by atoms with E-state index in [9.17, 15) is 9.59 Å². The number of nitrogens with one attached hydrogen (secondary N) is 1. The summed E-state index contributed by atoms with van der Waals surface area (Å²) < 4.78 is 0. The second kappa shape index (κ2) is 4.13. The van der Waals surface area contributed by atoms with Crippen molar-refractivity contribution in [1.29, 1.82) is 0 Å². The summed E-state index contributed by atoms with van der Waals surface area (Å²) in [6.07, 6.45) is 0. The van der Waals surface area contributed by atoms with Crippen molar-refractivity contribution in [3.63, 3.8) is 0 Å². The van der Waals surface area contributed by atoms with Crippen molar-refractivity contribution in [2.75, 3.05) is 0 Å². The lowest BCUT2D eigenvalue weighted by atomic mass is 10.1. The van der Waals surface area contributed by atoms with Crippen molar-refractivity contribution >= 4 is 23.2 Å². The summed E-state index contributed by atoms with van der Waals surface area (Å²) in [7, 11) is 0. The van der Waals surface area contributed by atoms with Gasteiger partial charge in [-0.05, 0) is 19.1 Å². The second-order valence-electron chi connectivity index (χ2n) is 4.17. The van der Waals surface area contributed by atoms with E-state index < -0.39 is 5.97 Å². The van der Waals surface area contributed by atoms with Crippen molar-refractivity contribution in [2.24, 2.45) is 0 Å². The Labute approximate surface area is 112 Å². The summed E-state index contributed by atoms with van der Waals surface area (Å²) in [5, 5.41) is 13.6. The summed E-state index contributed by atoms with van der Waals surface area (Å²) in [6, 6.07) is 3.24. The molecule has 0 saturated carbocycles. The monoisotopic (exact) mass is 275 g/mol. The molecule has 19 heavy (non-hydrogen) atoms. The Bertz CT molecular complexity index is 695. The van der Waals surface area contributed by atoms with E-state index in [1.54, 1.807) is 12.1 Å². The molecule has 0 fully saturated rings. The summed E-state index contributed by atoms with van der Waals surface area (Å²) in [5.41, 5.74) is 1.82. The molecule has 0 unspecified atom stereocenters. The van der Waals surface area contributed by atoms with Crippen LogP contribution in [0.15, 0.2) is 17.5 Å². The lowest BCUT2D eigenvalue weighted by Gasteiger charge is -2.03. The fourth-order valence-electron chi connectivity index (χ4n) is 1.95. The summed E-state index contributed by atoms with van der Waals surface area (Å²) >= 11 is 1.22. The quantitative estimate of drug-likeness (QED) is 0.870. The highest BCUT2D eigenvalue weighted by Gasteiger charge is 2.27. The van der Waals surface area contributed by atoms with Crippen LogP contribution in [0.4, 0.5) is 0 Å². The van der Waals surface area contributed by atoms with Gasteiger partial charge in [0.05, 0.1) is 23.0 Å². The molecular formula is C12H9N3O3S. The number of hydrogen-bond acceptors (Lipinski definition) is 5. The Hall–Kier alpha value is -2.28. The molecule has 1 aliphatic rings. The van der Waals surface area contributed by atoms with E-state index in [0.717, 1.165) is 0 Å². The maximum absolute atomic E-state index is 11.6. The van der Waals surface area contributed by atoms with Crippen LogP contribution in [0.2, 0.25) is 0 Å². The molecule has 2 aromatic heterocycles. The van der Waals surface area contributed by atoms with E-state index in [1.165, 1.54) is 16.7 Å². The molecule has 6 nitrogen and oxygen atoms in total. The molecule has 0 spiro atoms. The number of fused-ring (bicyclic) bond motifs is 1. The highest BCUT2D eigenvalue weighted by Crippen LogP contribution is 2.28. The number of hydrogen-bond donors (Lipinski definition) is 2. The van der Waals surface area contributed by atoms with Crippen LogP contribution in [0.5, 0.6) is 0 Å². The largest absolute Gasteiger partial charge is 0.476 e. The van der Waals surface area contributed by atoms with Gasteiger partial charge >= 0.3 is 5.97 Å². The van der Waals surface area contributed by atoms with Crippen LogP contribution in [-0.2, 0) is 0 Å². The van der Waals surface area contributed by atoms with Gasteiger partial charge in [0.25, 0.3) is 5.91 Å². The minimum atomic E-state index is -1.06. The average molecular weight is 275 g/mol. The third-order valence-electron chi connectivity index (χ3n) is 2.87. The van der Waals surface area contributed by atoms with Crippen LogP contribution >= 0.6 is 11.3 Å². The first-order valence-corrected chi connectivity index (χ1v) is 6.45. The number of thiazole rings is 1. The standard InChI is InChI=1S/C12H9N3O3S/c1-5-9-6(10(16)13-5)2-3-7(14-9)11-15-8(4-19-11)12(17)18/h2-5H,1H3,(H,13,16)(H,17,18)/t5-/m1/s1. The molecule has 7 heteroatoms. The van der Waals surface area contributed by atoms with Gasteiger partial charge in [0.1, 0.15) is 5.01 Å². The van der Waals surface area contributed by atoms with Crippen molar-refractivity contribution in [2.45, 2.75) is 13.0 Å². The minimum absolute atomic E-state index is 0.00421. The number of carbonyl (C=O) groups excluding carboxylic acids is 1. The zero-order chi connectivity index (χ0) is 13.6. The van der Waals surface area contributed by atoms with Gasteiger partial charge in [-0.1, -0.05) is 0 Å². The molecular weight excluding hydrogens is 266 g/mol. The Kier molecular flexibility index (Phi) is 2.56. The normalized spacial score (nSPS) is 17.1. The van der Waals surface area contributed by atoms with Crippen molar-refractivity contribution < 1.29 is 14.7 Å². The number of carboxylic acids is 1. The van der Waals surface area contributed by atoms with Gasteiger partial charge in [-0.3, -0.25) is 4.79 Å².